The Hall–Kier alpha value is -0.570. The molecule has 0 aliphatic rings. The SMILES string of the molecule is [2H]C([2H])([2H])C([2H])(CC(N)C(=O)O)C([2H])([2H])[2H]. The highest BCUT2D eigenvalue weighted by Gasteiger charge is 2.11. The lowest BCUT2D eigenvalue weighted by Gasteiger charge is -2.07. The van der Waals surface area contributed by atoms with Crippen LogP contribution in [0.4, 0.5) is 0 Å². The van der Waals surface area contributed by atoms with Gasteiger partial charge in [0, 0.05) is 9.60 Å². The van der Waals surface area contributed by atoms with Crippen molar-refractivity contribution in [3.63, 3.8) is 0 Å². The van der Waals surface area contributed by atoms with Gasteiger partial charge in [-0.3, -0.25) is 4.79 Å². The Balaban J connectivity index is 5.21. The fraction of sp³-hybridized carbons (Fsp3) is 0.833. The van der Waals surface area contributed by atoms with Crippen molar-refractivity contribution in [1.29, 1.82) is 0 Å². The smallest absolute Gasteiger partial charge is 0.320 e. The third-order valence-corrected chi connectivity index (χ3v) is 0.741. The highest BCUT2D eigenvalue weighted by molar-refractivity contribution is 5.72. The quantitative estimate of drug-likeness (QED) is 0.595. The third kappa shape index (κ3) is 3.97. The van der Waals surface area contributed by atoms with Crippen molar-refractivity contribution in [3.05, 3.63) is 0 Å². The van der Waals surface area contributed by atoms with E-state index in [-0.39, 0.29) is 0 Å². The molecule has 0 bridgehead atoms. The van der Waals surface area contributed by atoms with Crippen molar-refractivity contribution in [2.24, 2.45) is 11.6 Å². The van der Waals surface area contributed by atoms with Gasteiger partial charge < -0.3 is 10.8 Å². The fourth-order valence-electron chi connectivity index (χ4n) is 0.307. The maximum atomic E-state index is 10.5. The summed E-state index contributed by atoms with van der Waals surface area (Å²) in [5, 5.41) is 8.50. The largest absolute Gasteiger partial charge is 0.480 e. The summed E-state index contributed by atoms with van der Waals surface area (Å²) < 4.78 is 49.6. The second-order valence-electron chi connectivity index (χ2n) is 1.63. The normalized spacial score (nSPS) is 29.2. The zero-order chi connectivity index (χ0) is 13.4. The van der Waals surface area contributed by atoms with E-state index in [9.17, 15) is 4.79 Å². The van der Waals surface area contributed by atoms with E-state index < -0.39 is 38.0 Å². The average Bonchev–Trinajstić information content (AvgIpc) is 1.99. The number of aliphatic carboxylic acids is 1. The molecule has 1 atom stereocenters. The van der Waals surface area contributed by atoms with Crippen molar-refractivity contribution in [2.45, 2.75) is 26.2 Å². The molecule has 0 saturated heterocycles. The van der Waals surface area contributed by atoms with Crippen molar-refractivity contribution < 1.29 is 19.5 Å². The molecule has 0 radical (unpaired) electrons. The Bertz CT molecular complexity index is 257. The fourth-order valence-corrected chi connectivity index (χ4v) is 0.307. The molecule has 1 unspecified atom stereocenters. The third-order valence-electron chi connectivity index (χ3n) is 0.741. The molecule has 54 valence electrons. The molecule has 0 saturated carbocycles. The van der Waals surface area contributed by atoms with Crippen LogP contribution in [0.5, 0.6) is 0 Å². The van der Waals surface area contributed by atoms with Gasteiger partial charge in [-0.1, -0.05) is 13.7 Å². The average molecular weight is 138 g/mol. The molecule has 3 N–H and O–H groups in total. The van der Waals surface area contributed by atoms with E-state index in [0.717, 1.165) is 0 Å². The maximum absolute atomic E-state index is 10.5. The van der Waals surface area contributed by atoms with E-state index in [2.05, 4.69) is 0 Å². The molecular weight excluding hydrogens is 118 g/mol. The lowest BCUT2D eigenvalue weighted by molar-refractivity contribution is -0.138. The predicted molar refractivity (Wildman–Crippen MR) is 35.1 cm³/mol. The van der Waals surface area contributed by atoms with Gasteiger partial charge in [0.15, 0.2) is 0 Å². The summed E-state index contributed by atoms with van der Waals surface area (Å²) in [6.45, 7) is -6.27. The van der Waals surface area contributed by atoms with Crippen LogP contribution in [-0.2, 0) is 4.79 Å². The van der Waals surface area contributed by atoms with Crippen LogP contribution in [-0.4, -0.2) is 17.1 Å². The molecule has 9 heavy (non-hydrogen) atoms. The monoisotopic (exact) mass is 138 g/mol. The minimum atomic E-state index is -3.13. The standard InChI is InChI=1S/C6H13NO2/c1-4(2)3-5(7)6(8)9/h4-5H,3,7H2,1-2H3,(H,8,9)/i1D3,2D3,4D. The first-order valence-corrected chi connectivity index (χ1v) is 2.31. The van der Waals surface area contributed by atoms with Crippen LogP contribution in [0.3, 0.4) is 0 Å². The summed E-state index contributed by atoms with van der Waals surface area (Å²) in [6, 6.07) is -1.70. The maximum Gasteiger partial charge on any atom is 0.320 e. The van der Waals surface area contributed by atoms with E-state index in [1.807, 2.05) is 0 Å². The second kappa shape index (κ2) is 3.45. The van der Waals surface area contributed by atoms with Gasteiger partial charge in [-0.2, -0.15) is 0 Å². The van der Waals surface area contributed by atoms with Gasteiger partial charge in [0.1, 0.15) is 6.04 Å². The summed E-state index contributed by atoms with van der Waals surface area (Å²) in [5.41, 5.74) is 5.08. The molecule has 0 fully saturated rings. The molecule has 3 heteroatoms. The van der Waals surface area contributed by atoms with Crippen molar-refractivity contribution in [1.82, 2.24) is 0 Å². The topological polar surface area (TPSA) is 63.3 Å². The Kier molecular flexibility index (Phi) is 0.858. The molecule has 3 nitrogen and oxygen atoms in total. The highest BCUT2D eigenvalue weighted by atomic mass is 16.4. The zero-order valence-corrected chi connectivity index (χ0v) is 4.72. The Morgan fingerprint density at radius 1 is 2.00 bits per heavy atom. The molecule has 0 spiro atoms. The van der Waals surface area contributed by atoms with Crippen LogP contribution in [0.2, 0.25) is 0 Å². The van der Waals surface area contributed by atoms with Gasteiger partial charge in [0.2, 0.25) is 0 Å². The number of hydrogen-bond acceptors (Lipinski definition) is 2. The van der Waals surface area contributed by atoms with Gasteiger partial charge in [-0.25, -0.2) is 0 Å². The van der Waals surface area contributed by atoms with E-state index in [0.29, 0.717) is 0 Å². The van der Waals surface area contributed by atoms with Crippen LogP contribution in [0.25, 0.3) is 0 Å². The molecule has 0 aliphatic heterocycles. The number of carbonyl (C=O) groups is 1. The predicted octanol–water partition coefficient (Wildman–Crippen LogP) is 0.444. The lowest BCUT2D eigenvalue weighted by atomic mass is 10.1. The van der Waals surface area contributed by atoms with E-state index in [1.165, 1.54) is 0 Å². The van der Waals surface area contributed by atoms with Gasteiger partial charge in [-0.15, -0.1) is 0 Å². The van der Waals surface area contributed by atoms with Crippen LogP contribution in [0.1, 0.15) is 29.7 Å². The van der Waals surface area contributed by atoms with Crippen LogP contribution < -0.4 is 5.73 Å². The Labute approximate surface area is 64.7 Å². The van der Waals surface area contributed by atoms with Gasteiger partial charge in [0.05, 0.1) is 0 Å². The first-order valence-electron chi connectivity index (χ1n) is 5.81. The summed E-state index contributed by atoms with van der Waals surface area (Å²) in [6.07, 6.45) is -0.963. The first-order chi connectivity index (χ1) is 6.83. The van der Waals surface area contributed by atoms with Gasteiger partial charge in [0.25, 0.3) is 0 Å². The molecule has 0 heterocycles. The number of hydrogen-bond donors (Lipinski definition) is 2. The number of nitrogens with two attached hydrogens (primary N) is 1. The van der Waals surface area contributed by atoms with Crippen LogP contribution in [0, 0.1) is 5.89 Å². The minimum absolute atomic E-state index is 0.963. The summed E-state index contributed by atoms with van der Waals surface area (Å²) in [5.74, 6) is -4.41. The van der Waals surface area contributed by atoms with E-state index in [4.69, 9.17) is 20.4 Å². The zero-order valence-electron chi connectivity index (χ0n) is 11.7. The molecule has 0 rings (SSSR count). The van der Waals surface area contributed by atoms with Crippen LogP contribution in [0.15, 0.2) is 0 Å². The number of rotatable bonds is 3. The summed E-state index contributed by atoms with van der Waals surface area (Å²) in [4.78, 5) is 10.5. The number of carboxylic acid groups (broad SMARTS) is 1. The van der Waals surface area contributed by atoms with Crippen LogP contribution >= 0.6 is 0 Å². The summed E-state index contributed by atoms with van der Waals surface area (Å²) in [7, 11) is 0. The highest BCUT2D eigenvalue weighted by Crippen LogP contribution is 2.01. The second-order valence-corrected chi connectivity index (χ2v) is 1.63. The molecule has 0 amide bonds. The van der Waals surface area contributed by atoms with Gasteiger partial charge >= 0.3 is 5.97 Å². The van der Waals surface area contributed by atoms with Crippen molar-refractivity contribution in [3.8, 4) is 0 Å². The molecule has 0 aromatic rings. The number of carboxylic acids is 1. The van der Waals surface area contributed by atoms with E-state index >= 15 is 0 Å². The van der Waals surface area contributed by atoms with Crippen molar-refractivity contribution in [2.75, 3.05) is 0 Å². The molecule has 0 aromatic heterocycles. The molecule has 0 aromatic carbocycles. The van der Waals surface area contributed by atoms with Gasteiger partial charge in [-0.05, 0) is 12.3 Å². The Morgan fingerprint density at radius 2 is 2.56 bits per heavy atom. The lowest BCUT2D eigenvalue weighted by Crippen LogP contribution is -2.31. The minimum Gasteiger partial charge on any atom is -0.480 e. The first kappa shape index (κ1) is 2.23. The molecule has 0 aliphatic carbocycles. The molecular formula is C6H13NO2. The Morgan fingerprint density at radius 3 is 2.89 bits per heavy atom. The summed E-state index contributed by atoms with van der Waals surface area (Å²) >= 11 is 0. The van der Waals surface area contributed by atoms with Crippen molar-refractivity contribution >= 4 is 5.97 Å². The van der Waals surface area contributed by atoms with E-state index in [1.54, 1.807) is 0 Å².